The minimum Gasteiger partial charge on any atom is -0.335 e. The molecule has 142 valence electrons. The van der Waals surface area contributed by atoms with Crippen LogP contribution in [0.2, 0.25) is 0 Å². The predicted molar refractivity (Wildman–Crippen MR) is 106 cm³/mol. The number of thioether (sulfide) groups is 1. The predicted octanol–water partition coefficient (Wildman–Crippen LogP) is 3.92. The van der Waals surface area contributed by atoms with Crippen LogP contribution >= 0.6 is 11.8 Å². The van der Waals surface area contributed by atoms with Crippen molar-refractivity contribution >= 4 is 23.6 Å². The standard InChI is InChI=1S/C21H23FN2O2S/c1-15(2)27-19-6-4-3-5-18(19)21(26)24-13-11-23(12-14-24)20(25)16-7-9-17(22)10-8-16/h3-10,15H,11-14H2,1-2H3. The molecule has 0 aliphatic carbocycles. The van der Waals surface area contributed by atoms with E-state index in [2.05, 4.69) is 13.8 Å². The molecule has 1 aliphatic rings. The van der Waals surface area contributed by atoms with Gasteiger partial charge < -0.3 is 9.80 Å². The normalized spacial score (nSPS) is 14.5. The summed E-state index contributed by atoms with van der Waals surface area (Å²) in [5, 5.41) is 0.393. The van der Waals surface area contributed by atoms with Crippen LogP contribution in [0.25, 0.3) is 0 Å². The number of halogens is 1. The van der Waals surface area contributed by atoms with Crippen molar-refractivity contribution in [3.05, 3.63) is 65.5 Å². The van der Waals surface area contributed by atoms with Crippen molar-refractivity contribution in [3.63, 3.8) is 0 Å². The quantitative estimate of drug-likeness (QED) is 0.748. The van der Waals surface area contributed by atoms with Gasteiger partial charge >= 0.3 is 0 Å². The lowest BCUT2D eigenvalue weighted by molar-refractivity contribution is 0.0533. The van der Waals surface area contributed by atoms with Gasteiger partial charge in [-0.05, 0) is 36.4 Å². The van der Waals surface area contributed by atoms with Crippen molar-refractivity contribution < 1.29 is 14.0 Å². The van der Waals surface area contributed by atoms with Crippen LogP contribution in [0.4, 0.5) is 4.39 Å². The molecule has 3 rings (SSSR count). The van der Waals surface area contributed by atoms with E-state index in [1.807, 2.05) is 24.3 Å². The van der Waals surface area contributed by atoms with E-state index in [1.165, 1.54) is 24.3 Å². The number of nitrogens with zero attached hydrogens (tertiary/aromatic N) is 2. The SMILES string of the molecule is CC(C)Sc1ccccc1C(=O)N1CCN(C(=O)c2ccc(F)cc2)CC1. The van der Waals surface area contributed by atoms with Crippen LogP contribution in [0, 0.1) is 5.82 Å². The van der Waals surface area contributed by atoms with Crippen LogP contribution in [0.15, 0.2) is 53.4 Å². The summed E-state index contributed by atoms with van der Waals surface area (Å²) in [5.74, 6) is -0.481. The largest absolute Gasteiger partial charge is 0.335 e. The molecule has 0 aromatic heterocycles. The van der Waals surface area contributed by atoms with Gasteiger partial charge in [-0.2, -0.15) is 0 Å². The fourth-order valence-corrected chi connectivity index (χ4v) is 4.01. The Kier molecular flexibility index (Phi) is 6.16. The van der Waals surface area contributed by atoms with Crippen molar-refractivity contribution in [3.8, 4) is 0 Å². The smallest absolute Gasteiger partial charge is 0.255 e. The molecule has 4 nitrogen and oxygen atoms in total. The monoisotopic (exact) mass is 386 g/mol. The van der Waals surface area contributed by atoms with Crippen LogP contribution < -0.4 is 0 Å². The number of carbonyl (C=O) groups is 2. The fraction of sp³-hybridized carbons (Fsp3) is 0.333. The van der Waals surface area contributed by atoms with Crippen molar-refractivity contribution in [1.29, 1.82) is 0 Å². The number of hydrogen-bond donors (Lipinski definition) is 0. The molecule has 2 aromatic carbocycles. The van der Waals surface area contributed by atoms with Gasteiger partial charge in [-0.25, -0.2) is 4.39 Å². The van der Waals surface area contributed by atoms with Gasteiger partial charge in [0.2, 0.25) is 0 Å². The number of hydrogen-bond acceptors (Lipinski definition) is 3. The molecule has 0 bridgehead atoms. The zero-order valence-corrected chi connectivity index (χ0v) is 16.3. The Balaban J connectivity index is 1.64. The summed E-state index contributed by atoms with van der Waals surface area (Å²) in [7, 11) is 0. The highest BCUT2D eigenvalue weighted by Crippen LogP contribution is 2.27. The van der Waals surface area contributed by atoms with E-state index in [4.69, 9.17) is 0 Å². The first kappa shape index (κ1) is 19.4. The van der Waals surface area contributed by atoms with E-state index in [0.717, 1.165) is 10.5 Å². The number of amides is 2. The molecule has 1 fully saturated rings. The first-order valence-corrected chi connectivity index (χ1v) is 9.93. The van der Waals surface area contributed by atoms with Gasteiger partial charge in [-0.3, -0.25) is 9.59 Å². The van der Waals surface area contributed by atoms with Crippen molar-refractivity contribution in [2.75, 3.05) is 26.2 Å². The highest BCUT2D eigenvalue weighted by atomic mass is 32.2. The van der Waals surface area contributed by atoms with E-state index >= 15 is 0 Å². The fourth-order valence-electron chi connectivity index (χ4n) is 3.06. The van der Waals surface area contributed by atoms with E-state index < -0.39 is 0 Å². The lowest BCUT2D eigenvalue weighted by Crippen LogP contribution is -2.50. The summed E-state index contributed by atoms with van der Waals surface area (Å²) in [4.78, 5) is 30.0. The van der Waals surface area contributed by atoms with Crippen LogP contribution in [0.3, 0.4) is 0 Å². The molecule has 0 atom stereocenters. The van der Waals surface area contributed by atoms with Crippen LogP contribution in [0.5, 0.6) is 0 Å². The first-order valence-electron chi connectivity index (χ1n) is 9.05. The van der Waals surface area contributed by atoms with E-state index in [9.17, 15) is 14.0 Å². The van der Waals surface area contributed by atoms with E-state index in [0.29, 0.717) is 37.0 Å². The minimum atomic E-state index is -0.361. The molecule has 0 N–H and O–H groups in total. The second-order valence-corrected chi connectivity index (χ2v) is 8.37. The Morgan fingerprint density at radius 1 is 0.889 bits per heavy atom. The van der Waals surface area contributed by atoms with Gasteiger partial charge in [-0.15, -0.1) is 11.8 Å². The van der Waals surface area contributed by atoms with Gasteiger partial charge in [0.1, 0.15) is 5.82 Å². The number of rotatable bonds is 4. The van der Waals surface area contributed by atoms with Gasteiger partial charge in [0.05, 0.1) is 5.56 Å². The summed E-state index contributed by atoms with van der Waals surface area (Å²) in [5.41, 5.74) is 1.18. The molecule has 0 spiro atoms. The van der Waals surface area contributed by atoms with Gasteiger partial charge in [0.15, 0.2) is 0 Å². The third-order valence-electron chi connectivity index (χ3n) is 4.43. The molecule has 1 aliphatic heterocycles. The summed E-state index contributed by atoms with van der Waals surface area (Å²) < 4.78 is 13.0. The zero-order valence-electron chi connectivity index (χ0n) is 15.5. The van der Waals surface area contributed by atoms with E-state index in [1.54, 1.807) is 21.6 Å². The molecule has 0 saturated carbocycles. The Hall–Kier alpha value is -2.34. The lowest BCUT2D eigenvalue weighted by atomic mass is 10.1. The molecule has 1 heterocycles. The number of benzene rings is 2. The second kappa shape index (κ2) is 8.57. The minimum absolute atomic E-state index is 0.00707. The summed E-state index contributed by atoms with van der Waals surface area (Å²) in [6.45, 7) is 6.14. The highest BCUT2D eigenvalue weighted by molar-refractivity contribution is 8.00. The molecule has 0 unspecified atom stereocenters. The van der Waals surface area contributed by atoms with Gasteiger partial charge in [0, 0.05) is 41.9 Å². The Bertz CT molecular complexity index is 815. The van der Waals surface area contributed by atoms with E-state index in [-0.39, 0.29) is 17.6 Å². The average molecular weight is 386 g/mol. The Morgan fingerprint density at radius 3 is 2.04 bits per heavy atom. The third kappa shape index (κ3) is 4.69. The lowest BCUT2D eigenvalue weighted by Gasteiger charge is -2.35. The maximum absolute atomic E-state index is 13.0. The molecular weight excluding hydrogens is 363 g/mol. The summed E-state index contributed by atoms with van der Waals surface area (Å²) >= 11 is 1.68. The maximum Gasteiger partial charge on any atom is 0.255 e. The van der Waals surface area contributed by atoms with Crippen molar-refractivity contribution in [2.24, 2.45) is 0 Å². The molecule has 6 heteroatoms. The third-order valence-corrected chi connectivity index (χ3v) is 5.51. The molecule has 0 radical (unpaired) electrons. The molecule has 1 saturated heterocycles. The summed E-state index contributed by atoms with van der Waals surface area (Å²) in [6.07, 6.45) is 0. The molecule has 27 heavy (non-hydrogen) atoms. The Labute approximate surface area is 163 Å². The first-order chi connectivity index (χ1) is 13.0. The maximum atomic E-state index is 13.0. The Morgan fingerprint density at radius 2 is 1.44 bits per heavy atom. The van der Waals surface area contributed by atoms with Gasteiger partial charge in [-0.1, -0.05) is 26.0 Å². The van der Waals surface area contributed by atoms with Gasteiger partial charge in [0.25, 0.3) is 11.8 Å². The second-order valence-electron chi connectivity index (χ2n) is 6.75. The molecule has 2 aromatic rings. The van der Waals surface area contributed by atoms with Crippen LogP contribution in [0.1, 0.15) is 34.6 Å². The van der Waals surface area contributed by atoms with Crippen LogP contribution in [-0.2, 0) is 0 Å². The molecule has 2 amide bonds. The average Bonchev–Trinajstić information content (AvgIpc) is 2.68. The van der Waals surface area contributed by atoms with Crippen LogP contribution in [-0.4, -0.2) is 53.0 Å². The van der Waals surface area contributed by atoms with Crippen molar-refractivity contribution in [2.45, 2.75) is 24.0 Å². The summed E-state index contributed by atoms with van der Waals surface area (Å²) in [6, 6.07) is 13.2. The highest BCUT2D eigenvalue weighted by Gasteiger charge is 2.26. The molecular formula is C21H23FN2O2S. The number of piperazine rings is 1. The van der Waals surface area contributed by atoms with Crippen molar-refractivity contribution in [1.82, 2.24) is 9.80 Å². The zero-order chi connectivity index (χ0) is 19.4. The number of carbonyl (C=O) groups excluding carboxylic acids is 2. The topological polar surface area (TPSA) is 40.6 Å².